The molecule has 0 fully saturated rings. The molecule has 0 heterocycles. The van der Waals surface area contributed by atoms with Crippen molar-refractivity contribution >= 4 is 23.3 Å². The number of carbonyl (C=O) groups excluding carboxylic acids is 3. The quantitative estimate of drug-likeness (QED) is 0.410. The first-order valence-corrected chi connectivity index (χ1v) is 10.2. The van der Waals surface area contributed by atoms with Crippen molar-refractivity contribution in [3.05, 3.63) is 101 Å². The molecule has 31 heavy (non-hydrogen) atoms. The number of anilines is 1. The van der Waals surface area contributed by atoms with Crippen molar-refractivity contribution in [3.8, 4) is 0 Å². The van der Waals surface area contributed by atoms with Crippen molar-refractivity contribution in [2.75, 3.05) is 11.4 Å². The second-order valence-electron chi connectivity index (χ2n) is 7.21. The van der Waals surface area contributed by atoms with E-state index in [4.69, 9.17) is 4.74 Å². The summed E-state index contributed by atoms with van der Waals surface area (Å²) in [5.41, 5.74) is 2.63. The molecular formula is C26H25NO4. The smallest absolute Gasteiger partial charge is 0.339 e. The highest BCUT2D eigenvalue weighted by atomic mass is 16.5. The highest BCUT2D eigenvalue weighted by Crippen LogP contribution is 2.19. The van der Waals surface area contributed by atoms with Crippen LogP contribution in [0.3, 0.4) is 0 Å². The lowest BCUT2D eigenvalue weighted by Gasteiger charge is -2.24. The summed E-state index contributed by atoms with van der Waals surface area (Å²) in [5, 5.41) is 0. The zero-order chi connectivity index (χ0) is 22.4. The van der Waals surface area contributed by atoms with Crippen LogP contribution < -0.4 is 4.90 Å². The first-order valence-electron chi connectivity index (χ1n) is 10.2. The van der Waals surface area contributed by atoms with Gasteiger partial charge in [0, 0.05) is 23.4 Å². The summed E-state index contributed by atoms with van der Waals surface area (Å²) >= 11 is 0. The normalized spacial score (nSPS) is 11.5. The summed E-state index contributed by atoms with van der Waals surface area (Å²) < 4.78 is 5.47. The Morgan fingerprint density at radius 1 is 0.839 bits per heavy atom. The van der Waals surface area contributed by atoms with Crippen LogP contribution in [0.2, 0.25) is 0 Å². The van der Waals surface area contributed by atoms with E-state index in [0.29, 0.717) is 12.1 Å². The fourth-order valence-electron chi connectivity index (χ4n) is 3.29. The van der Waals surface area contributed by atoms with Gasteiger partial charge in [-0.15, -0.1) is 0 Å². The van der Waals surface area contributed by atoms with Gasteiger partial charge in [0.2, 0.25) is 0 Å². The number of para-hydroxylation sites is 1. The maximum atomic E-state index is 13.0. The maximum absolute atomic E-state index is 13.0. The predicted molar refractivity (Wildman–Crippen MR) is 120 cm³/mol. The first-order chi connectivity index (χ1) is 14.9. The Hall–Kier alpha value is -3.73. The van der Waals surface area contributed by atoms with Gasteiger partial charge in [0.15, 0.2) is 11.9 Å². The van der Waals surface area contributed by atoms with E-state index in [1.807, 2.05) is 56.3 Å². The van der Waals surface area contributed by atoms with Crippen LogP contribution >= 0.6 is 0 Å². The molecular weight excluding hydrogens is 390 g/mol. The minimum absolute atomic E-state index is 0.135. The van der Waals surface area contributed by atoms with E-state index in [-0.39, 0.29) is 22.8 Å². The average molecular weight is 415 g/mol. The van der Waals surface area contributed by atoms with E-state index in [1.54, 1.807) is 35.2 Å². The zero-order valence-electron chi connectivity index (χ0n) is 17.9. The summed E-state index contributed by atoms with van der Waals surface area (Å²) in [6, 6.07) is 22.8. The number of ketones is 1. The highest BCUT2D eigenvalue weighted by molar-refractivity contribution is 6.14. The van der Waals surface area contributed by atoms with Crippen LogP contribution in [0.5, 0.6) is 0 Å². The molecule has 0 saturated heterocycles. The third kappa shape index (κ3) is 5.07. The molecule has 158 valence electrons. The SMILES string of the molecule is CCN(C(=O)[C@H](C)OC(=O)c1ccccc1C(=O)c1ccc(C)cc1)c1ccccc1. The Bertz CT molecular complexity index is 1070. The molecule has 1 amide bonds. The Balaban J connectivity index is 1.80. The van der Waals surface area contributed by atoms with Crippen LogP contribution in [0.4, 0.5) is 5.69 Å². The van der Waals surface area contributed by atoms with Crippen molar-refractivity contribution in [3.63, 3.8) is 0 Å². The third-order valence-corrected chi connectivity index (χ3v) is 4.99. The van der Waals surface area contributed by atoms with Gasteiger partial charge in [0.1, 0.15) is 0 Å². The Labute approximate surface area is 182 Å². The number of benzene rings is 3. The minimum Gasteiger partial charge on any atom is -0.449 e. The summed E-state index contributed by atoms with van der Waals surface area (Å²) in [6.07, 6.45) is -1.00. The van der Waals surface area contributed by atoms with Crippen LogP contribution in [0.1, 0.15) is 45.7 Å². The van der Waals surface area contributed by atoms with E-state index in [1.165, 1.54) is 13.0 Å². The van der Waals surface area contributed by atoms with E-state index >= 15 is 0 Å². The Morgan fingerprint density at radius 2 is 1.42 bits per heavy atom. The van der Waals surface area contributed by atoms with Crippen LogP contribution in [-0.2, 0) is 9.53 Å². The fraction of sp³-hybridized carbons (Fsp3) is 0.192. The molecule has 3 aromatic rings. The number of rotatable bonds is 7. The van der Waals surface area contributed by atoms with Crippen LogP contribution in [0.25, 0.3) is 0 Å². The topological polar surface area (TPSA) is 63.7 Å². The molecule has 0 aliphatic rings. The number of esters is 1. The van der Waals surface area contributed by atoms with Gasteiger partial charge in [-0.05, 0) is 39.0 Å². The zero-order valence-corrected chi connectivity index (χ0v) is 17.9. The van der Waals surface area contributed by atoms with Gasteiger partial charge < -0.3 is 9.64 Å². The number of aryl methyl sites for hydroxylation is 1. The molecule has 0 aliphatic carbocycles. The third-order valence-electron chi connectivity index (χ3n) is 4.99. The number of nitrogens with zero attached hydrogens (tertiary/aromatic N) is 1. The van der Waals surface area contributed by atoms with Gasteiger partial charge in [-0.1, -0.05) is 66.2 Å². The number of likely N-dealkylation sites (N-methyl/N-ethyl adjacent to an activating group) is 1. The van der Waals surface area contributed by atoms with E-state index < -0.39 is 12.1 Å². The van der Waals surface area contributed by atoms with Crippen molar-refractivity contribution < 1.29 is 19.1 Å². The standard InChI is InChI=1S/C26H25NO4/c1-4-27(21-10-6-5-7-11-21)25(29)19(3)31-26(30)23-13-9-8-12-22(23)24(28)20-16-14-18(2)15-17-20/h5-17,19H,4H2,1-3H3/t19-/m0/s1. The summed E-state index contributed by atoms with van der Waals surface area (Å²) in [6.45, 7) is 5.77. The monoisotopic (exact) mass is 415 g/mol. The summed E-state index contributed by atoms with van der Waals surface area (Å²) in [4.78, 5) is 40.3. The van der Waals surface area contributed by atoms with Gasteiger partial charge in [0.25, 0.3) is 5.91 Å². The van der Waals surface area contributed by atoms with E-state index in [0.717, 1.165) is 11.3 Å². The lowest BCUT2D eigenvalue weighted by Crippen LogP contribution is -2.40. The molecule has 0 aliphatic heterocycles. The van der Waals surface area contributed by atoms with Crippen LogP contribution in [0.15, 0.2) is 78.9 Å². The largest absolute Gasteiger partial charge is 0.449 e. The highest BCUT2D eigenvalue weighted by Gasteiger charge is 2.26. The predicted octanol–water partition coefficient (Wildman–Crippen LogP) is 4.82. The maximum Gasteiger partial charge on any atom is 0.339 e. The molecule has 3 aromatic carbocycles. The molecule has 0 bridgehead atoms. The molecule has 5 heteroatoms. The number of amides is 1. The lowest BCUT2D eigenvalue weighted by atomic mass is 9.98. The van der Waals surface area contributed by atoms with Gasteiger partial charge in [-0.2, -0.15) is 0 Å². The average Bonchev–Trinajstić information content (AvgIpc) is 2.80. The van der Waals surface area contributed by atoms with Crippen LogP contribution in [0, 0.1) is 6.92 Å². The molecule has 3 rings (SSSR count). The molecule has 0 N–H and O–H groups in total. The number of hydrogen-bond donors (Lipinski definition) is 0. The van der Waals surface area contributed by atoms with Crippen molar-refractivity contribution in [2.45, 2.75) is 26.9 Å². The molecule has 1 atom stereocenters. The molecule has 0 aromatic heterocycles. The molecule has 0 radical (unpaired) electrons. The molecule has 0 spiro atoms. The fourth-order valence-corrected chi connectivity index (χ4v) is 3.29. The van der Waals surface area contributed by atoms with Crippen LogP contribution in [-0.4, -0.2) is 30.3 Å². The van der Waals surface area contributed by atoms with Crippen molar-refractivity contribution in [1.82, 2.24) is 0 Å². The van der Waals surface area contributed by atoms with Gasteiger partial charge >= 0.3 is 5.97 Å². The minimum atomic E-state index is -1.00. The second-order valence-corrected chi connectivity index (χ2v) is 7.21. The molecule has 0 saturated carbocycles. The number of hydrogen-bond acceptors (Lipinski definition) is 4. The number of ether oxygens (including phenoxy) is 1. The molecule has 0 unspecified atom stereocenters. The van der Waals surface area contributed by atoms with Gasteiger partial charge in [-0.25, -0.2) is 4.79 Å². The van der Waals surface area contributed by atoms with Gasteiger partial charge in [0.05, 0.1) is 5.56 Å². The lowest BCUT2D eigenvalue weighted by molar-refractivity contribution is -0.126. The first kappa shape index (κ1) is 22.0. The van der Waals surface area contributed by atoms with Crippen molar-refractivity contribution in [1.29, 1.82) is 0 Å². The summed E-state index contributed by atoms with van der Waals surface area (Å²) in [5.74, 6) is -1.31. The Morgan fingerprint density at radius 3 is 2.03 bits per heavy atom. The van der Waals surface area contributed by atoms with Crippen molar-refractivity contribution in [2.24, 2.45) is 0 Å². The van der Waals surface area contributed by atoms with E-state index in [9.17, 15) is 14.4 Å². The second kappa shape index (κ2) is 9.85. The number of carbonyl (C=O) groups is 3. The molecule has 5 nitrogen and oxygen atoms in total. The Kier molecular flexibility index (Phi) is 6.98. The van der Waals surface area contributed by atoms with E-state index in [2.05, 4.69) is 0 Å². The van der Waals surface area contributed by atoms with Gasteiger partial charge in [-0.3, -0.25) is 9.59 Å². The summed E-state index contributed by atoms with van der Waals surface area (Å²) in [7, 11) is 0.